The van der Waals surface area contributed by atoms with E-state index in [4.69, 9.17) is 0 Å². The Balaban J connectivity index is 1.49. The molecule has 3 atom stereocenters. The molecule has 1 aromatic heterocycles. The Labute approximate surface area is 136 Å². The predicted octanol–water partition coefficient (Wildman–Crippen LogP) is 2.92. The van der Waals surface area contributed by atoms with Gasteiger partial charge >= 0.3 is 6.03 Å². The minimum absolute atomic E-state index is 0.0242. The van der Waals surface area contributed by atoms with Gasteiger partial charge in [0.2, 0.25) is 0 Å². The van der Waals surface area contributed by atoms with Gasteiger partial charge in [-0.05, 0) is 40.9 Å². The van der Waals surface area contributed by atoms with Gasteiger partial charge < -0.3 is 15.7 Å². The van der Waals surface area contributed by atoms with Gasteiger partial charge in [-0.3, -0.25) is 0 Å². The van der Waals surface area contributed by atoms with Crippen molar-refractivity contribution >= 4 is 17.4 Å². The Bertz CT molecular complexity index is 673. The van der Waals surface area contributed by atoms with Crippen LogP contribution in [0.25, 0.3) is 0 Å². The molecule has 0 aliphatic heterocycles. The fraction of sp³-hybridized carbons (Fsp3) is 0.312. The molecular formula is C16H16F2N2O2S. The first-order valence-electron chi connectivity index (χ1n) is 7.24. The van der Waals surface area contributed by atoms with Gasteiger partial charge in [-0.25, -0.2) is 13.6 Å². The first-order chi connectivity index (χ1) is 11.1. The molecule has 0 bridgehead atoms. The van der Waals surface area contributed by atoms with E-state index in [2.05, 4.69) is 10.6 Å². The summed E-state index contributed by atoms with van der Waals surface area (Å²) in [7, 11) is 0. The number of amides is 2. The summed E-state index contributed by atoms with van der Waals surface area (Å²) in [5, 5.41) is 18.8. The summed E-state index contributed by atoms with van der Waals surface area (Å²) in [5.74, 6) is -1.52. The normalized spacial score (nSPS) is 20.8. The van der Waals surface area contributed by atoms with Gasteiger partial charge in [0, 0.05) is 24.1 Å². The van der Waals surface area contributed by atoms with Crippen LogP contribution in [0.15, 0.2) is 35.0 Å². The van der Waals surface area contributed by atoms with Crippen LogP contribution in [0.2, 0.25) is 0 Å². The number of carbonyl (C=O) groups is 1. The highest BCUT2D eigenvalue weighted by atomic mass is 32.1. The van der Waals surface area contributed by atoms with Crippen molar-refractivity contribution in [2.24, 2.45) is 0 Å². The number of hydrogen-bond acceptors (Lipinski definition) is 3. The van der Waals surface area contributed by atoms with E-state index >= 15 is 0 Å². The Morgan fingerprint density at radius 3 is 2.74 bits per heavy atom. The van der Waals surface area contributed by atoms with E-state index in [-0.39, 0.29) is 24.1 Å². The molecule has 0 saturated heterocycles. The average molecular weight is 338 g/mol. The molecule has 122 valence electrons. The van der Waals surface area contributed by atoms with Crippen molar-refractivity contribution in [1.29, 1.82) is 0 Å². The lowest BCUT2D eigenvalue weighted by molar-refractivity contribution is 0.173. The molecule has 0 spiro atoms. The largest absolute Gasteiger partial charge is 0.387 e. The molecule has 1 aliphatic carbocycles. The molecule has 1 saturated carbocycles. The maximum absolute atomic E-state index is 13.7. The van der Waals surface area contributed by atoms with Gasteiger partial charge in [-0.15, -0.1) is 0 Å². The number of hydrogen-bond donors (Lipinski definition) is 3. The highest BCUT2D eigenvalue weighted by molar-refractivity contribution is 7.07. The summed E-state index contributed by atoms with van der Waals surface area (Å²) in [6.07, 6.45) is -0.274. The lowest BCUT2D eigenvalue weighted by Gasteiger charge is -2.11. The van der Waals surface area contributed by atoms with Gasteiger partial charge in [-0.1, -0.05) is 6.07 Å². The molecule has 1 aromatic carbocycles. The highest BCUT2D eigenvalue weighted by Gasteiger charge is 2.42. The van der Waals surface area contributed by atoms with Crippen molar-refractivity contribution < 1.29 is 18.7 Å². The van der Waals surface area contributed by atoms with E-state index in [1.807, 2.05) is 10.8 Å². The van der Waals surface area contributed by atoms with Crippen molar-refractivity contribution in [3.8, 4) is 0 Å². The fourth-order valence-electron chi connectivity index (χ4n) is 2.53. The molecule has 1 heterocycles. The first kappa shape index (κ1) is 15.9. The Kier molecular flexibility index (Phi) is 4.58. The standard InChI is InChI=1S/C16H16F2N2O2S/c17-11-2-1-3-12(18)15(11)10-6-13(10)20-16(22)19-7-14(21)9-4-5-23-8-9/h1-5,8,10,13-14,21H,6-7H2,(H2,19,20,22). The van der Waals surface area contributed by atoms with Gasteiger partial charge in [0.1, 0.15) is 11.6 Å². The number of benzene rings is 1. The van der Waals surface area contributed by atoms with Crippen molar-refractivity contribution in [2.75, 3.05) is 6.54 Å². The second-order valence-corrected chi connectivity index (χ2v) is 6.29. The zero-order chi connectivity index (χ0) is 16.4. The molecule has 23 heavy (non-hydrogen) atoms. The molecule has 0 radical (unpaired) electrons. The van der Waals surface area contributed by atoms with Crippen molar-refractivity contribution in [3.63, 3.8) is 0 Å². The fourth-order valence-corrected chi connectivity index (χ4v) is 3.24. The number of carbonyl (C=O) groups excluding carboxylic acids is 1. The number of aliphatic hydroxyl groups excluding tert-OH is 1. The third kappa shape index (κ3) is 3.68. The van der Waals surface area contributed by atoms with Crippen LogP contribution in [0.3, 0.4) is 0 Å². The lowest BCUT2D eigenvalue weighted by Crippen LogP contribution is -2.39. The molecule has 3 N–H and O–H groups in total. The molecule has 7 heteroatoms. The average Bonchev–Trinajstić information content (AvgIpc) is 3.02. The number of urea groups is 1. The van der Waals surface area contributed by atoms with E-state index < -0.39 is 23.8 Å². The second-order valence-electron chi connectivity index (χ2n) is 5.51. The van der Waals surface area contributed by atoms with E-state index in [9.17, 15) is 18.7 Å². The molecule has 1 fully saturated rings. The minimum atomic E-state index is -0.772. The van der Waals surface area contributed by atoms with Crippen LogP contribution in [0.4, 0.5) is 13.6 Å². The molecule has 3 unspecified atom stereocenters. The van der Waals surface area contributed by atoms with Crippen molar-refractivity contribution in [2.45, 2.75) is 24.5 Å². The van der Waals surface area contributed by atoms with Crippen LogP contribution < -0.4 is 10.6 Å². The van der Waals surface area contributed by atoms with E-state index in [0.717, 1.165) is 5.56 Å². The second kappa shape index (κ2) is 6.64. The zero-order valence-electron chi connectivity index (χ0n) is 12.1. The first-order valence-corrected chi connectivity index (χ1v) is 8.19. The molecule has 3 rings (SSSR count). The zero-order valence-corrected chi connectivity index (χ0v) is 12.9. The van der Waals surface area contributed by atoms with Crippen LogP contribution in [0.1, 0.15) is 29.6 Å². The van der Waals surface area contributed by atoms with E-state index in [1.165, 1.54) is 29.5 Å². The summed E-state index contributed by atoms with van der Waals surface area (Å²) in [4.78, 5) is 11.8. The van der Waals surface area contributed by atoms with Crippen LogP contribution >= 0.6 is 11.3 Å². The van der Waals surface area contributed by atoms with E-state index in [0.29, 0.717) is 6.42 Å². The maximum atomic E-state index is 13.7. The van der Waals surface area contributed by atoms with Gasteiger partial charge in [0.25, 0.3) is 0 Å². The monoisotopic (exact) mass is 338 g/mol. The van der Waals surface area contributed by atoms with Gasteiger partial charge in [0.05, 0.1) is 6.10 Å². The Hall–Kier alpha value is -1.99. The number of aliphatic hydroxyl groups is 1. The predicted molar refractivity (Wildman–Crippen MR) is 83.3 cm³/mol. The third-order valence-corrected chi connectivity index (χ3v) is 4.56. The molecule has 4 nitrogen and oxygen atoms in total. The highest BCUT2D eigenvalue weighted by Crippen LogP contribution is 2.42. The number of halogens is 2. The number of nitrogens with one attached hydrogen (secondary N) is 2. The topological polar surface area (TPSA) is 61.4 Å². The Morgan fingerprint density at radius 1 is 1.35 bits per heavy atom. The summed E-state index contributed by atoms with van der Waals surface area (Å²) < 4.78 is 27.3. The van der Waals surface area contributed by atoms with Crippen molar-refractivity contribution in [1.82, 2.24) is 10.6 Å². The molecule has 2 aromatic rings. The molecule has 1 aliphatic rings. The minimum Gasteiger partial charge on any atom is -0.387 e. The Morgan fingerprint density at radius 2 is 2.09 bits per heavy atom. The van der Waals surface area contributed by atoms with Gasteiger partial charge in [-0.2, -0.15) is 11.3 Å². The van der Waals surface area contributed by atoms with Crippen LogP contribution in [0.5, 0.6) is 0 Å². The van der Waals surface area contributed by atoms with Crippen LogP contribution in [0, 0.1) is 11.6 Å². The summed E-state index contributed by atoms with van der Waals surface area (Å²) >= 11 is 1.46. The third-order valence-electron chi connectivity index (χ3n) is 3.86. The quantitative estimate of drug-likeness (QED) is 0.785. The summed E-state index contributed by atoms with van der Waals surface area (Å²) in [6.45, 7) is 0.0774. The smallest absolute Gasteiger partial charge is 0.315 e. The molecular weight excluding hydrogens is 322 g/mol. The molecule has 2 amide bonds. The van der Waals surface area contributed by atoms with Crippen molar-refractivity contribution in [3.05, 3.63) is 57.8 Å². The summed E-state index contributed by atoms with van der Waals surface area (Å²) in [6, 6.07) is 4.78. The van der Waals surface area contributed by atoms with Crippen LogP contribution in [-0.4, -0.2) is 23.7 Å². The summed E-state index contributed by atoms with van der Waals surface area (Å²) in [5.41, 5.74) is 0.768. The SMILES string of the molecule is O=C(NCC(O)c1ccsc1)NC1CC1c1c(F)cccc1F. The number of rotatable bonds is 5. The lowest BCUT2D eigenvalue weighted by atomic mass is 10.1. The van der Waals surface area contributed by atoms with E-state index in [1.54, 1.807) is 6.07 Å². The maximum Gasteiger partial charge on any atom is 0.315 e. The van der Waals surface area contributed by atoms with Crippen LogP contribution in [-0.2, 0) is 0 Å². The van der Waals surface area contributed by atoms with Gasteiger partial charge in [0.15, 0.2) is 0 Å². The number of thiophene rings is 1.